The minimum absolute atomic E-state index is 0.0572. The second-order valence-corrected chi connectivity index (χ2v) is 7.46. The quantitative estimate of drug-likeness (QED) is 0.668. The molecule has 1 atom stereocenters. The van der Waals surface area contributed by atoms with Crippen LogP contribution in [0.1, 0.15) is 51.7 Å². The van der Waals surface area contributed by atoms with Crippen molar-refractivity contribution in [1.82, 2.24) is 5.32 Å². The Morgan fingerprint density at radius 2 is 2.00 bits per heavy atom. The highest BCUT2D eigenvalue weighted by Crippen LogP contribution is 2.29. The van der Waals surface area contributed by atoms with Crippen molar-refractivity contribution in [3.63, 3.8) is 0 Å². The van der Waals surface area contributed by atoms with E-state index in [1.807, 2.05) is 52.8 Å². The first kappa shape index (κ1) is 21.5. The Labute approximate surface area is 151 Å². The predicted octanol–water partition coefficient (Wildman–Crippen LogP) is 3.57. The molecule has 1 aromatic rings. The van der Waals surface area contributed by atoms with E-state index >= 15 is 0 Å². The van der Waals surface area contributed by atoms with E-state index < -0.39 is 17.1 Å². The summed E-state index contributed by atoms with van der Waals surface area (Å²) in [7, 11) is 0. The number of aliphatic hydroxyl groups excluding tert-OH is 1. The molecule has 0 heterocycles. The number of rotatable bonds is 9. The monoisotopic (exact) mass is 351 g/mol. The van der Waals surface area contributed by atoms with Gasteiger partial charge in [-0.25, -0.2) is 4.79 Å². The van der Waals surface area contributed by atoms with Gasteiger partial charge in [0.1, 0.15) is 5.60 Å². The predicted molar refractivity (Wildman–Crippen MR) is 99.9 cm³/mol. The van der Waals surface area contributed by atoms with Gasteiger partial charge in [0, 0.05) is 25.2 Å². The van der Waals surface area contributed by atoms with Gasteiger partial charge in [0.2, 0.25) is 0 Å². The molecule has 1 rings (SSSR count). The molecule has 1 amide bonds. The Morgan fingerprint density at radius 3 is 2.56 bits per heavy atom. The second-order valence-electron chi connectivity index (χ2n) is 7.46. The average Bonchev–Trinajstić information content (AvgIpc) is 2.53. The molecule has 0 aliphatic rings. The summed E-state index contributed by atoms with van der Waals surface area (Å²) >= 11 is 0. The van der Waals surface area contributed by atoms with Crippen LogP contribution < -0.4 is 5.32 Å². The number of hydrogen-bond donors (Lipinski definition) is 2. The molecular formula is C20H33NO4. The normalized spacial score (nSPS) is 14.0. The number of hydrogen-bond acceptors (Lipinski definition) is 4. The highest BCUT2D eigenvalue weighted by Gasteiger charge is 2.32. The number of amides is 1. The molecule has 1 aromatic carbocycles. The molecule has 5 nitrogen and oxygen atoms in total. The Kier molecular flexibility index (Phi) is 8.39. The zero-order valence-corrected chi connectivity index (χ0v) is 16.2. The number of carbonyl (C=O) groups excluding carboxylic acids is 1. The van der Waals surface area contributed by atoms with Gasteiger partial charge in [-0.15, -0.1) is 0 Å². The van der Waals surface area contributed by atoms with Crippen molar-refractivity contribution in [3.05, 3.63) is 35.4 Å². The van der Waals surface area contributed by atoms with Crippen LogP contribution in [0.4, 0.5) is 4.79 Å². The molecule has 0 saturated heterocycles. The first-order valence-corrected chi connectivity index (χ1v) is 8.95. The summed E-state index contributed by atoms with van der Waals surface area (Å²) in [5.41, 5.74) is 1.03. The summed E-state index contributed by atoms with van der Waals surface area (Å²) in [5, 5.41) is 13.0. The van der Waals surface area contributed by atoms with Crippen molar-refractivity contribution < 1.29 is 19.4 Å². The van der Waals surface area contributed by atoms with E-state index in [2.05, 4.69) is 11.4 Å². The maximum atomic E-state index is 12.1. The molecule has 1 unspecified atom stereocenters. The number of nitrogens with one attached hydrogen (secondary N) is 1. The number of benzene rings is 1. The lowest BCUT2D eigenvalue weighted by Gasteiger charge is -2.33. The maximum absolute atomic E-state index is 12.1. The van der Waals surface area contributed by atoms with E-state index in [1.54, 1.807) is 0 Å². The SMILES string of the molecule is CCOCCCC(CO)(CNC(=O)OC(C)(C)C)c1cccc(C)c1. The number of carbonyl (C=O) groups is 1. The summed E-state index contributed by atoms with van der Waals surface area (Å²) in [4.78, 5) is 12.1. The van der Waals surface area contributed by atoms with Crippen LogP contribution in [0.5, 0.6) is 0 Å². The largest absolute Gasteiger partial charge is 0.444 e. The molecule has 0 aromatic heterocycles. The number of aryl methyl sites for hydroxylation is 1. The molecule has 0 spiro atoms. The minimum Gasteiger partial charge on any atom is -0.444 e. The summed E-state index contributed by atoms with van der Waals surface area (Å²) in [6.07, 6.45) is 1.05. The molecule has 25 heavy (non-hydrogen) atoms. The van der Waals surface area contributed by atoms with Crippen molar-refractivity contribution in [1.29, 1.82) is 0 Å². The van der Waals surface area contributed by atoms with Crippen LogP contribution in [0.3, 0.4) is 0 Å². The molecule has 0 aliphatic heterocycles. The van der Waals surface area contributed by atoms with Gasteiger partial charge in [-0.3, -0.25) is 0 Å². The lowest BCUT2D eigenvalue weighted by Crippen LogP contribution is -2.45. The van der Waals surface area contributed by atoms with Crippen molar-refractivity contribution in [2.45, 2.75) is 58.5 Å². The Hall–Kier alpha value is -1.59. The van der Waals surface area contributed by atoms with Crippen LogP contribution >= 0.6 is 0 Å². The highest BCUT2D eigenvalue weighted by atomic mass is 16.6. The van der Waals surface area contributed by atoms with Gasteiger partial charge in [0.05, 0.1) is 6.61 Å². The second kappa shape index (κ2) is 9.78. The first-order chi connectivity index (χ1) is 11.7. The van der Waals surface area contributed by atoms with Crippen molar-refractivity contribution in [2.75, 3.05) is 26.4 Å². The summed E-state index contributed by atoms with van der Waals surface area (Å²) in [6.45, 7) is 11.0. The third-order valence-corrected chi connectivity index (χ3v) is 4.05. The molecule has 2 N–H and O–H groups in total. The van der Waals surface area contributed by atoms with E-state index in [-0.39, 0.29) is 6.61 Å². The van der Waals surface area contributed by atoms with Gasteiger partial charge in [-0.2, -0.15) is 0 Å². The van der Waals surface area contributed by atoms with Gasteiger partial charge in [0.15, 0.2) is 0 Å². The van der Waals surface area contributed by atoms with E-state index in [0.29, 0.717) is 26.2 Å². The molecule has 0 saturated carbocycles. The third kappa shape index (κ3) is 7.45. The molecule has 0 aliphatic carbocycles. The fourth-order valence-electron chi connectivity index (χ4n) is 2.75. The zero-order valence-electron chi connectivity index (χ0n) is 16.2. The van der Waals surface area contributed by atoms with Crippen LogP contribution in [0, 0.1) is 6.92 Å². The molecule has 142 valence electrons. The smallest absolute Gasteiger partial charge is 0.407 e. The Bertz CT molecular complexity index is 539. The Balaban J connectivity index is 2.91. The molecule has 0 radical (unpaired) electrons. The summed E-state index contributed by atoms with van der Waals surface area (Å²) in [5.74, 6) is 0. The van der Waals surface area contributed by atoms with Gasteiger partial charge in [-0.1, -0.05) is 29.8 Å². The minimum atomic E-state index is -0.556. The molecule has 0 fully saturated rings. The third-order valence-electron chi connectivity index (χ3n) is 4.05. The van der Waals surface area contributed by atoms with Crippen molar-refractivity contribution >= 4 is 6.09 Å². The zero-order chi connectivity index (χ0) is 18.9. The van der Waals surface area contributed by atoms with Gasteiger partial charge < -0.3 is 19.9 Å². The molecular weight excluding hydrogens is 318 g/mol. The maximum Gasteiger partial charge on any atom is 0.407 e. The lowest BCUT2D eigenvalue weighted by molar-refractivity contribution is 0.0496. The van der Waals surface area contributed by atoms with Crippen LogP contribution in [0.2, 0.25) is 0 Å². The Morgan fingerprint density at radius 1 is 1.28 bits per heavy atom. The van der Waals surface area contributed by atoms with E-state index in [1.165, 1.54) is 0 Å². The fraction of sp³-hybridized carbons (Fsp3) is 0.650. The van der Waals surface area contributed by atoms with Gasteiger partial charge in [-0.05, 0) is 53.0 Å². The van der Waals surface area contributed by atoms with Gasteiger partial charge in [0.25, 0.3) is 0 Å². The molecule has 0 bridgehead atoms. The van der Waals surface area contributed by atoms with Crippen molar-refractivity contribution in [3.8, 4) is 0 Å². The number of ether oxygens (including phenoxy) is 2. The van der Waals surface area contributed by atoms with Crippen molar-refractivity contribution in [2.24, 2.45) is 0 Å². The van der Waals surface area contributed by atoms with Gasteiger partial charge >= 0.3 is 6.09 Å². The van der Waals surface area contributed by atoms with Crippen LogP contribution in [-0.2, 0) is 14.9 Å². The summed E-state index contributed by atoms with van der Waals surface area (Å²) in [6, 6.07) is 8.06. The van der Waals surface area contributed by atoms with Crippen LogP contribution in [0.25, 0.3) is 0 Å². The summed E-state index contributed by atoms with van der Waals surface area (Å²) < 4.78 is 10.8. The molecule has 5 heteroatoms. The first-order valence-electron chi connectivity index (χ1n) is 8.95. The van der Waals surface area contributed by atoms with E-state index in [0.717, 1.165) is 17.5 Å². The van der Waals surface area contributed by atoms with Crippen LogP contribution in [0.15, 0.2) is 24.3 Å². The fourth-order valence-corrected chi connectivity index (χ4v) is 2.75. The topological polar surface area (TPSA) is 67.8 Å². The number of aliphatic hydroxyl groups is 1. The van der Waals surface area contributed by atoms with Crippen LogP contribution in [-0.4, -0.2) is 43.2 Å². The number of alkyl carbamates (subject to hydrolysis) is 1. The van der Waals surface area contributed by atoms with E-state index in [9.17, 15) is 9.90 Å². The standard InChI is InChI=1S/C20H33NO4/c1-6-24-12-8-11-20(15-22,17-10-7-9-16(2)13-17)14-21-18(23)25-19(3,4)5/h7,9-10,13,22H,6,8,11-12,14-15H2,1-5H3,(H,21,23). The average molecular weight is 351 g/mol. The highest BCUT2D eigenvalue weighted by molar-refractivity contribution is 5.67. The lowest BCUT2D eigenvalue weighted by atomic mass is 9.76. The van der Waals surface area contributed by atoms with E-state index in [4.69, 9.17) is 9.47 Å².